The Hall–Kier alpha value is -0.720. The van der Waals surface area contributed by atoms with Crippen molar-refractivity contribution in [3.8, 4) is 0 Å². The maximum absolute atomic E-state index is 5.20. The summed E-state index contributed by atoms with van der Waals surface area (Å²) in [6.45, 7) is 9.42. The van der Waals surface area contributed by atoms with Gasteiger partial charge >= 0.3 is 0 Å². The van der Waals surface area contributed by atoms with Crippen molar-refractivity contribution >= 4 is 21.7 Å². The molecule has 21 heavy (non-hydrogen) atoms. The number of aromatic nitrogens is 2. The Bertz CT molecular complexity index is 435. The van der Waals surface area contributed by atoms with Crippen molar-refractivity contribution in [2.24, 2.45) is 0 Å². The van der Waals surface area contributed by atoms with Crippen LogP contribution in [-0.4, -0.2) is 50.5 Å². The van der Waals surface area contributed by atoms with E-state index in [0.717, 1.165) is 42.4 Å². The van der Waals surface area contributed by atoms with Gasteiger partial charge in [-0.05, 0) is 22.4 Å². The number of nitrogens with zero attached hydrogens (tertiary/aromatic N) is 3. The minimum atomic E-state index is -0.0853. The molecule has 0 atom stereocenters. The summed E-state index contributed by atoms with van der Waals surface area (Å²) in [6.07, 6.45) is 0.951. The van der Waals surface area contributed by atoms with Crippen LogP contribution < -0.4 is 4.90 Å². The molecule has 0 aliphatic heterocycles. The number of anilines is 1. The molecular formula is C15H26BrN3O2. The van der Waals surface area contributed by atoms with E-state index in [1.54, 1.807) is 14.2 Å². The molecular weight excluding hydrogens is 334 g/mol. The molecule has 120 valence electrons. The zero-order valence-electron chi connectivity index (χ0n) is 13.6. The molecule has 5 nitrogen and oxygen atoms in total. The summed E-state index contributed by atoms with van der Waals surface area (Å²) in [6, 6.07) is 1.96. The van der Waals surface area contributed by atoms with Crippen LogP contribution in [0.5, 0.6) is 0 Å². The van der Waals surface area contributed by atoms with Crippen LogP contribution in [0.15, 0.2) is 10.7 Å². The van der Waals surface area contributed by atoms with Crippen LogP contribution in [0.4, 0.5) is 5.82 Å². The van der Waals surface area contributed by atoms with Crippen molar-refractivity contribution in [1.29, 1.82) is 0 Å². The Morgan fingerprint density at radius 1 is 1.10 bits per heavy atom. The van der Waals surface area contributed by atoms with E-state index in [1.807, 2.05) is 6.07 Å². The zero-order valence-corrected chi connectivity index (χ0v) is 15.2. The molecule has 0 saturated heterocycles. The second-order valence-electron chi connectivity index (χ2n) is 5.95. The number of hydrogen-bond donors (Lipinski definition) is 0. The van der Waals surface area contributed by atoms with Gasteiger partial charge in [0.2, 0.25) is 0 Å². The Labute approximate surface area is 136 Å². The highest BCUT2D eigenvalue weighted by atomic mass is 79.9. The van der Waals surface area contributed by atoms with Crippen molar-refractivity contribution in [3.05, 3.63) is 16.5 Å². The minimum Gasteiger partial charge on any atom is -0.385 e. The topological polar surface area (TPSA) is 47.5 Å². The fourth-order valence-corrected chi connectivity index (χ4v) is 2.22. The Morgan fingerprint density at radius 3 is 2.33 bits per heavy atom. The third-order valence-corrected chi connectivity index (χ3v) is 3.42. The van der Waals surface area contributed by atoms with Gasteiger partial charge in [-0.1, -0.05) is 20.8 Å². The summed E-state index contributed by atoms with van der Waals surface area (Å²) in [5, 5.41) is 0. The van der Waals surface area contributed by atoms with Crippen molar-refractivity contribution in [2.45, 2.75) is 32.6 Å². The maximum atomic E-state index is 5.20. The first-order chi connectivity index (χ1) is 9.88. The first-order valence-corrected chi connectivity index (χ1v) is 7.95. The van der Waals surface area contributed by atoms with E-state index in [4.69, 9.17) is 14.5 Å². The molecule has 1 aromatic rings. The van der Waals surface area contributed by atoms with Crippen LogP contribution in [0.3, 0.4) is 0 Å². The average Bonchev–Trinajstić information content (AvgIpc) is 2.41. The lowest BCUT2D eigenvalue weighted by Gasteiger charge is -2.25. The standard InChI is InChI=1S/C15H26BrN3O2/c1-15(2,3)14-17-12(16)11-13(18-14)19(8-10-21-5)7-6-9-20-4/h11H,6-10H2,1-5H3. The van der Waals surface area contributed by atoms with Gasteiger partial charge in [-0.3, -0.25) is 0 Å². The quantitative estimate of drug-likeness (QED) is 0.527. The lowest BCUT2D eigenvalue weighted by atomic mass is 9.96. The minimum absolute atomic E-state index is 0.0853. The molecule has 6 heteroatoms. The molecule has 0 aliphatic carbocycles. The van der Waals surface area contributed by atoms with Gasteiger partial charge in [-0.25, -0.2) is 9.97 Å². The Balaban J connectivity index is 2.96. The molecule has 0 fully saturated rings. The molecule has 0 saturated carbocycles. The number of rotatable bonds is 8. The van der Waals surface area contributed by atoms with Crippen molar-refractivity contribution in [3.63, 3.8) is 0 Å². The van der Waals surface area contributed by atoms with E-state index < -0.39 is 0 Å². The highest BCUT2D eigenvalue weighted by Crippen LogP contribution is 2.24. The van der Waals surface area contributed by atoms with Crippen LogP contribution in [0.2, 0.25) is 0 Å². The lowest BCUT2D eigenvalue weighted by molar-refractivity contribution is 0.191. The van der Waals surface area contributed by atoms with Crippen molar-refractivity contribution in [2.75, 3.05) is 45.4 Å². The molecule has 0 aliphatic rings. The van der Waals surface area contributed by atoms with E-state index in [2.05, 4.69) is 46.6 Å². The summed E-state index contributed by atoms with van der Waals surface area (Å²) in [5.41, 5.74) is -0.0853. The van der Waals surface area contributed by atoms with E-state index in [0.29, 0.717) is 6.61 Å². The maximum Gasteiger partial charge on any atom is 0.137 e. The van der Waals surface area contributed by atoms with Crippen molar-refractivity contribution < 1.29 is 9.47 Å². The van der Waals surface area contributed by atoms with Gasteiger partial charge in [-0.2, -0.15) is 0 Å². The fraction of sp³-hybridized carbons (Fsp3) is 0.733. The average molecular weight is 360 g/mol. The molecule has 0 aromatic carbocycles. The predicted octanol–water partition coefficient (Wildman–Crippen LogP) is 3.03. The third kappa shape index (κ3) is 6.28. The second-order valence-corrected chi connectivity index (χ2v) is 6.76. The first kappa shape index (κ1) is 18.3. The monoisotopic (exact) mass is 359 g/mol. The number of ether oxygens (including phenoxy) is 2. The second kappa shape index (κ2) is 8.66. The van der Waals surface area contributed by atoms with Crippen LogP contribution in [-0.2, 0) is 14.9 Å². The third-order valence-electron chi connectivity index (χ3n) is 3.02. The fourth-order valence-electron chi connectivity index (χ4n) is 1.85. The summed E-state index contributed by atoms with van der Waals surface area (Å²) in [5.74, 6) is 1.76. The largest absolute Gasteiger partial charge is 0.385 e. The van der Waals surface area contributed by atoms with Gasteiger partial charge in [-0.15, -0.1) is 0 Å². The van der Waals surface area contributed by atoms with Gasteiger partial charge in [0, 0.05) is 45.4 Å². The summed E-state index contributed by atoms with van der Waals surface area (Å²) >= 11 is 3.49. The lowest BCUT2D eigenvalue weighted by Crippen LogP contribution is -2.31. The van der Waals surface area contributed by atoms with Gasteiger partial charge in [0.05, 0.1) is 6.61 Å². The van der Waals surface area contributed by atoms with Gasteiger partial charge in [0.15, 0.2) is 0 Å². The van der Waals surface area contributed by atoms with Crippen molar-refractivity contribution in [1.82, 2.24) is 9.97 Å². The Morgan fingerprint density at radius 2 is 1.76 bits per heavy atom. The van der Waals surface area contributed by atoms with E-state index in [9.17, 15) is 0 Å². The van der Waals surface area contributed by atoms with Crippen LogP contribution in [0, 0.1) is 0 Å². The molecule has 0 unspecified atom stereocenters. The van der Waals surface area contributed by atoms with Gasteiger partial charge in [0.25, 0.3) is 0 Å². The molecule has 1 aromatic heterocycles. The Kier molecular flexibility index (Phi) is 7.56. The van der Waals surface area contributed by atoms with Crippen LogP contribution >= 0.6 is 15.9 Å². The number of hydrogen-bond acceptors (Lipinski definition) is 5. The first-order valence-electron chi connectivity index (χ1n) is 7.16. The van der Waals surface area contributed by atoms with E-state index >= 15 is 0 Å². The number of halogens is 1. The highest BCUT2D eigenvalue weighted by molar-refractivity contribution is 9.10. The molecule has 0 amide bonds. The van der Waals surface area contributed by atoms with E-state index in [-0.39, 0.29) is 5.41 Å². The summed E-state index contributed by atoms with van der Waals surface area (Å²) in [7, 11) is 3.43. The smallest absolute Gasteiger partial charge is 0.137 e. The molecule has 0 N–H and O–H groups in total. The molecule has 1 rings (SSSR count). The van der Waals surface area contributed by atoms with Gasteiger partial charge < -0.3 is 14.4 Å². The predicted molar refractivity (Wildman–Crippen MR) is 89.0 cm³/mol. The summed E-state index contributed by atoms with van der Waals surface area (Å²) in [4.78, 5) is 11.4. The molecule has 0 bridgehead atoms. The molecule has 0 radical (unpaired) electrons. The molecule has 1 heterocycles. The van der Waals surface area contributed by atoms with Gasteiger partial charge in [0.1, 0.15) is 16.2 Å². The van der Waals surface area contributed by atoms with E-state index in [1.165, 1.54) is 0 Å². The summed E-state index contributed by atoms with van der Waals surface area (Å²) < 4.78 is 11.1. The number of methoxy groups -OCH3 is 2. The highest BCUT2D eigenvalue weighted by Gasteiger charge is 2.20. The molecule has 0 spiro atoms. The normalized spacial score (nSPS) is 11.7. The SMILES string of the molecule is COCCCN(CCOC)c1cc(Br)nc(C(C)(C)C)n1. The van der Waals surface area contributed by atoms with Crippen LogP contribution in [0.25, 0.3) is 0 Å². The zero-order chi connectivity index (χ0) is 15.9. The van der Waals surface area contributed by atoms with Crippen LogP contribution in [0.1, 0.15) is 33.0 Å².